The van der Waals surface area contributed by atoms with Gasteiger partial charge in [0.2, 0.25) is 0 Å². The number of hydrogen-bond acceptors (Lipinski definition) is 3. The molecule has 0 spiro atoms. The van der Waals surface area contributed by atoms with E-state index in [1.807, 2.05) is 6.07 Å². The fourth-order valence-corrected chi connectivity index (χ4v) is 2.53. The van der Waals surface area contributed by atoms with Gasteiger partial charge in [-0.1, -0.05) is 6.92 Å². The summed E-state index contributed by atoms with van der Waals surface area (Å²) < 4.78 is 0. The molecule has 1 aromatic rings. The number of nitrogens with zero attached hydrogens (tertiary/aromatic N) is 2. The Kier molecular flexibility index (Phi) is 3.68. The van der Waals surface area contributed by atoms with Crippen molar-refractivity contribution in [3.8, 4) is 6.07 Å². The SMILES string of the molecule is CC1CCCN(C(=O)c2c[nH]c(C#N)c2)C1CO. The predicted molar refractivity (Wildman–Crippen MR) is 65.8 cm³/mol. The van der Waals surface area contributed by atoms with E-state index in [0.29, 0.717) is 23.7 Å². The lowest BCUT2D eigenvalue weighted by Crippen LogP contribution is -2.49. The first-order valence-corrected chi connectivity index (χ1v) is 6.17. The highest BCUT2D eigenvalue weighted by atomic mass is 16.3. The lowest BCUT2D eigenvalue weighted by molar-refractivity contribution is 0.0358. The van der Waals surface area contributed by atoms with E-state index in [-0.39, 0.29) is 18.6 Å². The largest absolute Gasteiger partial charge is 0.394 e. The standard InChI is InChI=1S/C13H17N3O2/c1-9-3-2-4-16(12(9)8-17)13(18)10-5-11(6-14)15-7-10/h5,7,9,12,15,17H,2-4,8H2,1H3. The number of carbonyl (C=O) groups is 1. The van der Waals surface area contributed by atoms with Crippen molar-refractivity contribution in [2.75, 3.05) is 13.2 Å². The number of likely N-dealkylation sites (tertiary alicyclic amines) is 1. The average Bonchev–Trinajstić information content (AvgIpc) is 2.86. The molecule has 0 aromatic carbocycles. The predicted octanol–water partition coefficient (Wildman–Crippen LogP) is 1.12. The van der Waals surface area contributed by atoms with Gasteiger partial charge in [-0.3, -0.25) is 4.79 Å². The molecule has 2 unspecified atom stereocenters. The van der Waals surface area contributed by atoms with Gasteiger partial charge in [0.05, 0.1) is 18.2 Å². The van der Waals surface area contributed by atoms with Gasteiger partial charge < -0.3 is 15.0 Å². The van der Waals surface area contributed by atoms with E-state index >= 15 is 0 Å². The summed E-state index contributed by atoms with van der Waals surface area (Å²) >= 11 is 0. The topological polar surface area (TPSA) is 80.1 Å². The van der Waals surface area contributed by atoms with Gasteiger partial charge in [0.25, 0.3) is 5.91 Å². The second kappa shape index (κ2) is 5.23. The second-order valence-corrected chi connectivity index (χ2v) is 4.78. The number of aliphatic hydroxyl groups excluding tert-OH is 1. The second-order valence-electron chi connectivity index (χ2n) is 4.78. The van der Waals surface area contributed by atoms with Crippen molar-refractivity contribution in [3.63, 3.8) is 0 Å². The van der Waals surface area contributed by atoms with Crippen molar-refractivity contribution in [2.45, 2.75) is 25.8 Å². The Bertz CT molecular complexity index is 475. The average molecular weight is 247 g/mol. The van der Waals surface area contributed by atoms with E-state index in [2.05, 4.69) is 11.9 Å². The molecule has 1 fully saturated rings. The molecular weight excluding hydrogens is 230 g/mol. The number of carbonyl (C=O) groups excluding carboxylic acids is 1. The first kappa shape index (κ1) is 12.7. The molecule has 1 aliphatic rings. The molecule has 18 heavy (non-hydrogen) atoms. The number of H-pyrrole nitrogens is 1. The van der Waals surface area contributed by atoms with Crippen LogP contribution in [0.3, 0.4) is 0 Å². The summed E-state index contributed by atoms with van der Waals surface area (Å²) in [7, 11) is 0. The van der Waals surface area contributed by atoms with Gasteiger partial charge in [-0.15, -0.1) is 0 Å². The molecule has 1 saturated heterocycles. The molecule has 96 valence electrons. The highest BCUT2D eigenvalue weighted by Crippen LogP contribution is 2.24. The maximum atomic E-state index is 12.3. The molecule has 0 radical (unpaired) electrons. The fourth-order valence-electron chi connectivity index (χ4n) is 2.53. The van der Waals surface area contributed by atoms with Crippen molar-refractivity contribution >= 4 is 5.91 Å². The Morgan fingerprint density at radius 3 is 3.11 bits per heavy atom. The summed E-state index contributed by atoms with van der Waals surface area (Å²) in [4.78, 5) is 16.8. The van der Waals surface area contributed by atoms with Crippen LogP contribution in [-0.4, -0.2) is 40.1 Å². The number of nitrogens with one attached hydrogen (secondary N) is 1. The number of rotatable bonds is 2. The number of nitriles is 1. The number of amides is 1. The van der Waals surface area contributed by atoms with Crippen LogP contribution in [0.1, 0.15) is 35.8 Å². The Morgan fingerprint density at radius 2 is 2.50 bits per heavy atom. The van der Waals surface area contributed by atoms with Gasteiger partial charge in [-0.2, -0.15) is 5.26 Å². The van der Waals surface area contributed by atoms with Crippen molar-refractivity contribution in [2.24, 2.45) is 5.92 Å². The van der Waals surface area contributed by atoms with E-state index in [0.717, 1.165) is 12.8 Å². The van der Waals surface area contributed by atoms with Gasteiger partial charge in [0, 0.05) is 12.7 Å². The third kappa shape index (κ3) is 2.24. The fraction of sp³-hybridized carbons (Fsp3) is 0.538. The van der Waals surface area contributed by atoms with E-state index in [9.17, 15) is 9.90 Å². The van der Waals surface area contributed by atoms with Crippen molar-refractivity contribution < 1.29 is 9.90 Å². The number of piperidine rings is 1. The zero-order valence-electron chi connectivity index (χ0n) is 10.4. The van der Waals surface area contributed by atoms with Crippen LogP contribution in [-0.2, 0) is 0 Å². The van der Waals surface area contributed by atoms with E-state index in [1.54, 1.807) is 17.2 Å². The Hall–Kier alpha value is -1.80. The zero-order valence-corrected chi connectivity index (χ0v) is 10.4. The van der Waals surface area contributed by atoms with Crippen LogP contribution in [0.15, 0.2) is 12.3 Å². The maximum Gasteiger partial charge on any atom is 0.255 e. The Labute approximate surface area is 106 Å². The van der Waals surface area contributed by atoms with E-state index in [1.165, 1.54) is 0 Å². The molecule has 2 atom stereocenters. The van der Waals surface area contributed by atoms with Gasteiger partial charge in [-0.05, 0) is 24.8 Å². The minimum atomic E-state index is -0.119. The molecule has 0 aliphatic carbocycles. The molecule has 0 bridgehead atoms. The summed E-state index contributed by atoms with van der Waals surface area (Å²) in [6.45, 7) is 2.71. The smallest absolute Gasteiger partial charge is 0.255 e. The van der Waals surface area contributed by atoms with Gasteiger partial charge in [-0.25, -0.2) is 0 Å². The number of hydrogen-bond donors (Lipinski definition) is 2. The quantitative estimate of drug-likeness (QED) is 0.821. The lowest BCUT2D eigenvalue weighted by Gasteiger charge is -2.38. The minimum Gasteiger partial charge on any atom is -0.394 e. The number of aliphatic hydroxyl groups is 1. The van der Waals surface area contributed by atoms with Gasteiger partial charge in [0.15, 0.2) is 0 Å². The van der Waals surface area contributed by atoms with Crippen LogP contribution in [0.4, 0.5) is 0 Å². The van der Waals surface area contributed by atoms with Gasteiger partial charge >= 0.3 is 0 Å². The van der Waals surface area contributed by atoms with Crippen molar-refractivity contribution in [3.05, 3.63) is 23.5 Å². The van der Waals surface area contributed by atoms with Crippen LogP contribution in [0, 0.1) is 17.2 Å². The summed E-state index contributed by atoms with van der Waals surface area (Å²) in [5, 5.41) is 18.2. The molecule has 1 aliphatic heterocycles. The third-order valence-corrected chi connectivity index (χ3v) is 3.61. The lowest BCUT2D eigenvalue weighted by atomic mass is 9.91. The molecule has 2 heterocycles. The molecule has 1 aromatic heterocycles. The van der Waals surface area contributed by atoms with Crippen LogP contribution >= 0.6 is 0 Å². The van der Waals surface area contributed by atoms with Crippen LogP contribution < -0.4 is 0 Å². The molecule has 2 rings (SSSR count). The van der Waals surface area contributed by atoms with E-state index in [4.69, 9.17) is 5.26 Å². The molecule has 5 heteroatoms. The van der Waals surface area contributed by atoms with E-state index < -0.39 is 0 Å². The summed E-state index contributed by atoms with van der Waals surface area (Å²) in [6, 6.07) is 3.40. The minimum absolute atomic E-state index is 0.0115. The molecule has 0 saturated carbocycles. The van der Waals surface area contributed by atoms with Crippen LogP contribution in [0.25, 0.3) is 0 Å². The molecule has 1 amide bonds. The zero-order chi connectivity index (χ0) is 13.1. The summed E-state index contributed by atoms with van der Waals surface area (Å²) in [5.74, 6) is 0.195. The first-order chi connectivity index (χ1) is 8.67. The summed E-state index contributed by atoms with van der Waals surface area (Å²) in [5.41, 5.74) is 0.864. The van der Waals surface area contributed by atoms with Crippen LogP contribution in [0.5, 0.6) is 0 Å². The Balaban J connectivity index is 2.19. The molecular formula is C13H17N3O2. The highest BCUT2D eigenvalue weighted by Gasteiger charge is 2.32. The summed E-state index contributed by atoms with van der Waals surface area (Å²) in [6.07, 6.45) is 3.54. The normalized spacial score (nSPS) is 23.7. The number of aromatic amines is 1. The molecule has 2 N–H and O–H groups in total. The van der Waals surface area contributed by atoms with Crippen molar-refractivity contribution in [1.29, 1.82) is 5.26 Å². The van der Waals surface area contributed by atoms with Gasteiger partial charge in [0.1, 0.15) is 11.8 Å². The number of aromatic nitrogens is 1. The van der Waals surface area contributed by atoms with Crippen LogP contribution in [0.2, 0.25) is 0 Å². The highest BCUT2D eigenvalue weighted by molar-refractivity contribution is 5.94. The molecule has 5 nitrogen and oxygen atoms in total. The maximum absolute atomic E-state index is 12.3. The Morgan fingerprint density at radius 1 is 1.72 bits per heavy atom. The first-order valence-electron chi connectivity index (χ1n) is 6.17. The monoisotopic (exact) mass is 247 g/mol. The van der Waals surface area contributed by atoms with Crippen molar-refractivity contribution in [1.82, 2.24) is 9.88 Å². The third-order valence-electron chi connectivity index (χ3n) is 3.61.